The largest absolute Gasteiger partial charge is 0.496 e. The van der Waals surface area contributed by atoms with Crippen LogP contribution in [0.5, 0.6) is 5.75 Å². The summed E-state index contributed by atoms with van der Waals surface area (Å²) < 4.78 is 5.42. The SMILES string of the molecule is CCNCc1cc(Cc2ccc(CC)cn2)ccc1OC. The van der Waals surface area contributed by atoms with Crippen molar-refractivity contribution in [1.82, 2.24) is 10.3 Å². The monoisotopic (exact) mass is 284 g/mol. The number of hydrogen-bond donors (Lipinski definition) is 1. The van der Waals surface area contributed by atoms with Gasteiger partial charge >= 0.3 is 0 Å². The Bertz CT molecular complexity index is 564. The van der Waals surface area contributed by atoms with E-state index in [2.05, 4.69) is 48.4 Å². The molecule has 0 aliphatic carbocycles. The van der Waals surface area contributed by atoms with Gasteiger partial charge in [-0.15, -0.1) is 0 Å². The third kappa shape index (κ3) is 4.30. The van der Waals surface area contributed by atoms with Crippen LogP contribution in [0.3, 0.4) is 0 Å². The van der Waals surface area contributed by atoms with Crippen LogP contribution in [0.2, 0.25) is 0 Å². The van der Waals surface area contributed by atoms with Gasteiger partial charge in [-0.25, -0.2) is 0 Å². The molecule has 0 radical (unpaired) electrons. The molecular weight excluding hydrogens is 260 g/mol. The number of benzene rings is 1. The molecular formula is C18H24N2O. The fraction of sp³-hybridized carbons (Fsp3) is 0.389. The molecule has 2 rings (SSSR count). The van der Waals surface area contributed by atoms with Crippen molar-refractivity contribution in [3.05, 3.63) is 58.9 Å². The van der Waals surface area contributed by atoms with E-state index >= 15 is 0 Å². The van der Waals surface area contributed by atoms with Crippen LogP contribution in [-0.4, -0.2) is 18.6 Å². The van der Waals surface area contributed by atoms with Crippen LogP contribution in [0.25, 0.3) is 0 Å². The number of aryl methyl sites for hydroxylation is 1. The molecule has 0 bridgehead atoms. The zero-order chi connectivity index (χ0) is 15.1. The standard InChI is InChI=1S/C18H24N2O/c1-4-14-6-8-17(20-12-14)11-15-7-9-18(21-3)16(10-15)13-19-5-2/h6-10,12,19H,4-5,11,13H2,1-3H3. The Morgan fingerprint density at radius 3 is 2.52 bits per heavy atom. The Kier molecular flexibility index (Phi) is 5.76. The quantitative estimate of drug-likeness (QED) is 0.846. The van der Waals surface area contributed by atoms with Gasteiger partial charge in [0.25, 0.3) is 0 Å². The number of aromatic nitrogens is 1. The Balaban J connectivity index is 2.14. The van der Waals surface area contributed by atoms with E-state index < -0.39 is 0 Å². The molecule has 1 aromatic heterocycles. The van der Waals surface area contributed by atoms with Crippen LogP contribution in [0.15, 0.2) is 36.5 Å². The number of methoxy groups -OCH3 is 1. The van der Waals surface area contributed by atoms with Crippen molar-refractivity contribution in [2.24, 2.45) is 0 Å². The number of ether oxygens (including phenoxy) is 1. The van der Waals surface area contributed by atoms with E-state index in [9.17, 15) is 0 Å². The molecule has 2 aromatic rings. The van der Waals surface area contributed by atoms with Crippen LogP contribution < -0.4 is 10.1 Å². The van der Waals surface area contributed by atoms with Gasteiger partial charge in [-0.1, -0.05) is 32.0 Å². The molecule has 112 valence electrons. The van der Waals surface area contributed by atoms with E-state index in [1.165, 1.54) is 16.7 Å². The summed E-state index contributed by atoms with van der Waals surface area (Å²) in [5.41, 5.74) is 4.84. The minimum absolute atomic E-state index is 0.829. The molecule has 0 atom stereocenters. The molecule has 0 aliphatic heterocycles. The summed E-state index contributed by atoms with van der Waals surface area (Å²) in [4.78, 5) is 4.53. The molecule has 0 aliphatic rings. The van der Waals surface area contributed by atoms with Gasteiger partial charge in [0.1, 0.15) is 5.75 Å². The molecule has 0 saturated carbocycles. The molecule has 21 heavy (non-hydrogen) atoms. The smallest absolute Gasteiger partial charge is 0.123 e. The fourth-order valence-electron chi connectivity index (χ4n) is 2.32. The van der Waals surface area contributed by atoms with Gasteiger partial charge < -0.3 is 10.1 Å². The first-order valence-corrected chi connectivity index (χ1v) is 7.57. The second kappa shape index (κ2) is 7.79. The summed E-state index contributed by atoms with van der Waals surface area (Å²) in [6.45, 7) is 6.03. The molecule has 3 nitrogen and oxygen atoms in total. The van der Waals surface area contributed by atoms with Crippen LogP contribution in [-0.2, 0) is 19.4 Å². The minimum atomic E-state index is 0.829. The summed E-state index contributed by atoms with van der Waals surface area (Å²) in [7, 11) is 1.72. The van der Waals surface area contributed by atoms with E-state index in [4.69, 9.17) is 4.74 Å². The van der Waals surface area contributed by atoms with E-state index in [0.717, 1.165) is 37.4 Å². The van der Waals surface area contributed by atoms with Gasteiger partial charge in [-0.2, -0.15) is 0 Å². The topological polar surface area (TPSA) is 34.2 Å². The van der Waals surface area contributed by atoms with E-state index in [0.29, 0.717) is 0 Å². The highest BCUT2D eigenvalue weighted by molar-refractivity contribution is 5.38. The first-order chi connectivity index (χ1) is 10.3. The average molecular weight is 284 g/mol. The second-order valence-electron chi connectivity index (χ2n) is 5.11. The maximum absolute atomic E-state index is 5.42. The molecule has 0 saturated heterocycles. The molecule has 0 unspecified atom stereocenters. The molecule has 1 heterocycles. The van der Waals surface area contributed by atoms with E-state index in [-0.39, 0.29) is 0 Å². The van der Waals surface area contributed by atoms with Crippen LogP contribution in [0.1, 0.15) is 36.2 Å². The lowest BCUT2D eigenvalue weighted by atomic mass is 10.0. The number of hydrogen-bond acceptors (Lipinski definition) is 3. The Morgan fingerprint density at radius 1 is 1.10 bits per heavy atom. The van der Waals surface area contributed by atoms with Gasteiger partial charge in [-0.3, -0.25) is 4.98 Å². The molecule has 0 fully saturated rings. The summed E-state index contributed by atoms with van der Waals surface area (Å²) >= 11 is 0. The second-order valence-corrected chi connectivity index (χ2v) is 5.11. The lowest BCUT2D eigenvalue weighted by molar-refractivity contribution is 0.408. The highest BCUT2D eigenvalue weighted by atomic mass is 16.5. The highest BCUT2D eigenvalue weighted by Crippen LogP contribution is 2.21. The van der Waals surface area contributed by atoms with Crippen LogP contribution >= 0.6 is 0 Å². The molecule has 0 amide bonds. The van der Waals surface area contributed by atoms with E-state index in [1.807, 2.05) is 12.3 Å². The first-order valence-electron chi connectivity index (χ1n) is 7.57. The molecule has 1 N–H and O–H groups in total. The van der Waals surface area contributed by atoms with Crippen molar-refractivity contribution < 1.29 is 4.74 Å². The van der Waals surface area contributed by atoms with Gasteiger partial charge in [-0.05, 0) is 36.2 Å². The first kappa shape index (κ1) is 15.5. The Hall–Kier alpha value is -1.87. The predicted octanol–water partition coefficient (Wildman–Crippen LogP) is 3.35. The van der Waals surface area contributed by atoms with Crippen molar-refractivity contribution in [3.63, 3.8) is 0 Å². The van der Waals surface area contributed by atoms with Crippen molar-refractivity contribution in [1.29, 1.82) is 0 Å². The zero-order valence-electron chi connectivity index (χ0n) is 13.1. The Morgan fingerprint density at radius 2 is 1.90 bits per heavy atom. The lowest BCUT2D eigenvalue weighted by Crippen LogP contribution is -2.12. The highest BCUT2D eigenvalue weighted by Gasteiger charge is 2.05. The van der Waals surface area contributed by atoms with Crippen molar-refractivity contribution in [2.45, 2.75) is 33.2 Å². The maximum atomic E-state index is 5.42. The molecule has 0 spiro atoms. The number of rotatable bonds is 7. The maximum Gasteiger partial charge on any atom is 0.123 e. The van der Waals surface area contributed by atoms with Crippen molar-refractivity contribution in [2.75, 3.05) is 13.7 Å². The zero-order valence-corrected chi connectivity index (χ0v) is 13.1. The number of nitrogens with one attached hydrogen (secondary N) is 1. The number of pyridine rings is 1. The summed E-state index contributed by atoms with van der Waals surface area (Å²) in [5.74, 6) is 0.939. The van der Waals surface area contributed by atoms with Gasteiger partial charge in [0, 0.05) is 30.4 Å². The normalized spacial score (nSPS) is 10.6. The minimum Gasteiger partial charge on any atom is -0.496 e. The third-order valence-corrected chi connectivity index (χ3v) is 3.59. The van der Waals surface area contributed by atoms with E-state index in [1.54, 1.807) is 7.11 Å². The van der Waals surface area contributed by atoms with Gasteiger partial charge in [0.15, 0.2) is 0 Å². The third-order valence-electron chi connectivity index (χ3n) is 3.59. The van der Waals surface area contributed by atoms with Crippen LogP contribution in [0, 0.1) is 0 Å². The lowest BCUT2D eigenvalue weighted by Gasteiger charge is -2.11. The summed E-state index contributed by atoms with van der Waals surface area (Å²) in [6.07, 6.45) is 3.86. The Labute approximate surface area is 127 Å². The average Bonchev–Trinajstić information content (AvgIpc) is 2.54. The molecule has 1 aromatic carbocycles. The fourth-order valence-corrected chi connectivity index (χ4v) is 2.32. The summed E-state index contributed by atoms with van der Waals surface area (Å²) in [5, 5.41) is 3.35. The molecule has 3 heteroatoms. The summed E-state index contributed by atoms with van der Waals surface area (Å²) in [6, 6.07) is 10.6. The van der Waals surface area contributed by atoms with Crippen molar-refractivity contribution in [3.8, 4) is 5.75 Å². The predicted molar refractivity (Wildman–Crippen MR) is 86.8 cm³/mol. The number of nitrogens with zero attached hydrogens (tertiary/aromatic N) is 1. The van der Waals surface area contributed by atoms with Gasteiger partial charge in [0.2, 0.25) is 0 Å². The van der Waals surface area contributed by atoms with Crippen LogP contribution in [0.4, 0.5) is 0 Å². The van der Waals surface area contributed by atoms with Crippen molar-refractivity contribution >= 4 is 0 Å². The van der Waals surface area contributed by atoms with Gasteiger partial charge in [0.05, 0.1) is 7.11 Å².